The maximum Gasteiger partial charge on any atom is 0.0702 e. The summed E-state index contributed by atoms with van der Waals surface area (Å²) in [5, 5.41) is 4.42. The van der Waals surface area contributed by atoms with Gasteiger partial charge in [0, 0.05) is 9.90 Å². The number of benzene rings is 1. The van der Waals surface area contributed by atoms with Crippen LogP contribution in [0.1, 0.15) is 35.4 Å². The van der Waals surface area contributed by atoms with Crippen molar-refractivity contribution in [2.75, 3.05) is 6.54 Å². The molecule has 0 fully saturated rings. The van der Waals surface area contributed by atoms with Crippen molar-refractivity contribution in [3.8, 4) is 0 Å². The van der Waals surface area contributed by atoms with Crippen LogP contribution < -0.4 is 5.32 Å². The first kappa shape index (κ1) is 15.0. The van der Waals surface area contributed by atoms with Crippen LogP contribution in [0.4, 0.5) is 0 Å². The number of thiophene rings is 1. The van der Waals surface area contributed by atoms with Crippen LogP contribution in [0.5, 0.6) is 0 Å². The Labute approximate surface area is 132 Å². The van der Waals surface area contributed by atoms with E-state index in [2.05, 4.69) is 53.3 Å². The second-order valence-corrected chi connectivity index (χ2v) is 7.46. The van der Waals surface area contributed by atoms with Crippen molar-refractivity contribution in [3.63, 3.8) is 0 Å². The molecule has 0 aliphatic carbocycles. The van der Waals surface area contributed by atoms with Gasteiger partial charge in [0.1, 0.15) is 0 Å². The Morgan fingerprint density at radius 1 is 1.32 bits per heavy atom. The van der Waals surface area contributed by atoms with Crippen LogP contribution in [-0.2, 0) is 0 Å². The van der Waals surface area contributed by atoms with Crippen molar-refractivity contribution in [3.05, 3.63) is 55.1 Å². The van der Waals surface area contributed by atoms with E-state index in [0.717, 1.165) is 21.8 Å². The number of halogens is 2. The minimum Gasteiger partial charge on any atom is -0.306 e. The van der Waals surface area contributed by atoms with Crippen molar-refractivity contribution in [2.24, 2.45) is 0 Å². The smallest absolute Gasteiger partial charge is 0.0702 e. The summed E-state index contributed by atoms with van der Waals surface area (Å²) in [6.07, 6.45) is 1.12. The number of nitrogens with one attached hydrogen (secondary N) is 1. The van der Waals surface area contributed by atoms with E-state index in [1.54, 1.807) is 11.3 Å². The fourth-order valence-electron chi connectivity index (χ4n) is 2.10. The van der Waals surface area contributed by atoms with Crippen LogP contribution in [0.3, 0.4) is 0 Å². The third kappa shape index (κ3) is 3.82. The molecule has 1 aromatic heterocycles. The Balaban J connectivity index is 2.36. The van der Waals surface area contributed by atoms with Crippen molar-refractivity contribution >= 4 is 38.9 Å². The van der Waals surface area contributed by atoms with Crippen LogP contribution in [0.15, 0.2) is 34.1 Å². The molecule has 0 saturated carbocycles. The minimum absolute atomic E-state index is 0.244. The summed E-state index contributed by atoms with van der Waals surface area (Å²) < 4.78 is 1.16. The van der Waals surface area contributed by atoms with E-state index >= 15 is 0 Å². The molecular weight excluding hydrogens is 342 g/mol. The highest BCUT2D eigenvalue weighted by Crippen LogP contribution is 2.33. The van der Waals surface area contributed by atoms with Gasteiger partial charge in [-0.2, -0.15) is 0 Å². The molecule has 0 spiro atoms. The quantitative estimate of drug-likeness (QED) is 0.737. The molecule has 19 heavy (non-hydrogen) atoms. The molecule has 0 aliphatic heterocycles. The number of aryl methyl sites for hydroxylation is 1. The van der Waals surface area contributed by atoms with Crippen molar-refractivity contribution in [2.45, 2.75) is 26.3 Å². The van der Waals surface area contributed by atoms with Crippen LogP contribution in [0.25, 0.3) is 0 Å². The Morgan fingerprint density at radius 2 is 2.11 bits per heavy atom. The summed E-state index contributed by atoms with van der Waals surface area (Å²) in [6, 6.07) is 10.6. The molecule has 0 amide bonds. The molecule has 102 valence electrons. The zero-order chi connectivity index (χ0) is 13.8. The summed E-state index contributed by atoms with van der Waals surface area (Å²) in [5.41, 5.74) is 2.53. The van der Waals surface area contributed by atoms with Gasteiger partial charge in [-0.3, -0.25) is 0 Å². The topological polar surface area (TPSA) is 12.0 Å². The number of hydrogen-bond acceptors (Lipinski definition) is 2. The second kappa shape index (κ2) is 6.89. The van der Waals surface area contributed by atoms with Crippen LogP contribution in [0, 0.1) is 6.92 Å². The van der Waals surface area contributed by atoms with Gasteiger partial charge in [-0.15, -0.1) is 11.3 Å². The van der Waals surface area contributed by atoms with E-state index in [1.807, 2.05) is 12.1 Å². The molecule has 2 rings (SSSR count). The first-order valence-electron chi connectivity index (χ1n) is 6.36. The lowest BCUT2D eigenvalue weighted by atomic mass is 10.00. The third-order valence-corrected chi connectivity index (χ3v) is 4.94. The minimum atomic E-state index is 0.244. The van der Waals surface area contributed by atoms with E-state index in [0.29, 0.717) is 0 Å². The summed E-state index contributed by atoms with van der Waals surface area (Å²) in [4.78, 5) is 1.32. The Kier molecular flexibility index (Phi) is 5.46. The van der Waals surface area contributed by atoms with Crippen LogP contribution >= 0.6 is 38.9 Å². The first-order chi connectivity index (χ1) is 9.11. The van der Waals surface area contributed by atoms with Gasteiger partial charge in [-0.05, 0) is 71.2 Å². The fourth-order valence-corrected chi connectivity index (χ4v) is 3.84. The molecule has 1 unspecified atom stereocenters. The Morgan fingerprint density at radius 3 is 2.68 bits per heavy atom. The van der Waals surface area contributed by atoms with Gasteiger partial charge < -0.3 is 5.32 Å². The van der Waals surface area contributed by atoms with Crippen molar-refractivity contribution in [1.82, 2.24) is 5.32 Å². The summed E-state index contributed by atoms with van der Waals surface area (Å²) in [6.45, 7) is 5.30. The average Bonchev–Trinajstić information content (AvgIpc) is 2.78. The van der Waals surface area contributed by atoms with E-state index in [-0.39, 0.29) is 6.04 Å². The maximum absolute atomic E-state index is 6.05. The van der Waals surface area contributed by atoms with Gasteiger partial charge in [-0.25, -0.2) is 0 Å². The SMILES string of the molecule is CCCNC(c1ccc(Br)s1)c1ccc(Cl)cc1C. The predicted octanol–water partition coefficient (Wildman–Crippen LogP) is 5.56. The maximum atomic E-state index is 6.05. The highest BCUT2D eigenvalue weighted by atomic mass is 79.9. The van der Waals surface area contributed by atoms with Crippen LogP contribution in [0.2, 0.25) is 5.02 Å². The lowest BCUT2D eigenvalue weighted by Crippen LogP contribution is -2.23. The predicted molar refractivity (Wildman–Crippen MR) is 88.3 cm³/mol. The lowest BCUT2D eigenvalue weighted by Gasteiger charge is -2.20. The Hall–Kier alpha value is -0.350. The lowest BCUT2D eigenvalue weighted by molar-refractivity contribution is 0.603. The summed E-state index contributed by atoms with van der Waals surface area (Å²) in [7, 11) is 0. The summed E-state index contributed by atoms with van der Waals surface area (Å²) in [5.74, 6) is 0. The molecule has 4 heteroatoms. The third-order valence-electron chi connectivity index (χ3n) is 3.02. The second-order valence-electron chi connectivity index (χ2n) is 4.53. The molecule has 0 aliphatic rings. The molecule has 0 radical (unpaired) electrons. The normalized spacial score (nSPS) is 12.6. The van der Waals surface area contributed by atoms with E-state index in [1.165, 1.54) is 16.0 Å². The van der Waals surface area contributed by atoms with Gasteiger partial charge in [0.2, 0.25) is 0 Å². The molecule has 1 aromatic carbocycles. The number of rotatable bonds is 5. The molecule has 0 bridgehead atoms. The zero-order valence-corrected chi connectivity index (χ0v) is 14.2. The van der Waals surface area contributed by atoms with Gasteiger partial charge in [-0.1, -0.05) is 24.6 Å². The van der Waals surface area contributed by atoms with Crippen LogP contribution in [-0.4, -0.2) is 6.54 Å². The molecule has 1 nitrogen and oxygen atoms in total. The highest BCUT2D eigenvalue weighted by Gasteiger charge is 2.17. The van der Waals surface area contributed by atoms with Crippen molar-refractivity contribution in [1.29, 1.82) is 0 Å². The first-order valence-corrected chi connectivity index (χ1v) is 8.35. The molecule has 1 atom stereocenters. The zero-order valence-electron chi connectivity index (χ0n) is 11.0. The summed E-state index contributed by atoms with van der Waals surface area (Å²) >= 11 is 11.4. The number of hydrogen-bond donors (Lipinski definition) is 1. The van der Waals surface area contributed by atoms with Gasteiger partial charge in [0.25, 0.3) is 0 Å². The molecule has 1 heterocycles. The highest BCUT2D eigenvalue weighted by molar-refractivity contribution is 9.11. The molecule has 2 aromatic rings. The molecular formula is C15H17BrClNS. The van der Waals surface area contributed by atoms with Gasteiger partial charge in [0.05, 0.1) is 9.83 Å². The Bertz CT molecular complexity index is 553. The monoisotopic (exact) mass is 357 g/mol. The van der Waals surface area contributed by atoms with E-state index in [4.69, 9.17) is 11.6 Å². The standard InChI is InChI=1S/C15H17BrClNS/c1-3-8-18-15(13-6-7-14(16)19-13)12-5-4-11(17)9-10(12)2/h4-7,9,15,18H,3,8H2,1-2H3. The average molecular weight is 359 g/mol. The van der Waals surface area contributed by atoms with E-state index < -0.39 is 0 Å². The van der Waals surface area contributed by atoms with Crippen molar-refractivity contribution < 1.29 is 0 Å². The molecule has 1 N–H and O–H groups in total. The van der Waals surface area contributed by atoms with Gasteiger partial charge in [0.15, 0.2) is 0 Å². The van der Waals surface area contributed by atoms with E-state index in [9.17, 15) is 0 Å². The largest absolute Gasteiger partial charge is 0.306 e. The molecule has 0 saturated heterocycles. The van der Waals surface area contributed by atoms with Gasteiger partial charge >= 0.3 is 0 Å². The fraction of sp³-hybridized carbons (Fsp3) is 0.333.